The molecule has 82 valence electrons. The molecule has 0 heterocycles. The Hall–Kier alpha value is -0.670. The van der Waals surface area contributed by atoms with E-state index in [2.05, 4.69) is 0 Å². The van der Waals surface area contributed by atoms with Gasteiger partial charge in [0.15, 0.2) is 0 Å². The van der Waals surface area contributed by atoms with E-state index in [-0.39, 0.29) is 6.42 Å². The maximum atomic E-state index is 13.1. The largest absolute Gasteiger partial charge is 0.481 e. The molecule has 2 nitrogen and oxygen atoms in total. The number of carboxylic acids is 1. The lowest BCUT2D eigenvalue weighted by Crippen LogP contribution is -2.41. The second-order valence-corrected chi connectivity index (χ2v) is 4.22. The van der Waals surface area contributed by atoms with Gasteiger partial charge in [-0.15, -0.1) is 0 Å². The summed E-state index contributed by atoms with van der Waals surface area (Å²) in [4.78, 5) is 11.0. The van der Waals surface area contributed by atoms with Gasteiger partial charge in [0.05, 0.1) is 5.41 Å². The maximum absolute atomic E-state index is 13.1. The van der Waals surface area contributed by atoms with Crippen molar-refractivity contribution < 1.29 is 18.7 Å². The summed E-state index contributed by atoms with van der Waals surface area (Å²) < 4.78 is 26.2. The van der Waals surface area contributed by atoms with Gasteiger partial charge < -0.3 is 5.11 Å². The van der Waals surface area contributed by atoms with Crippen molar-refractivity contribution >= 4 is 5.97 Å². The Morgan fingerprint density at radius 2 is 2.07 bits per heavy atom. The van der Waals surface area contributed by atoms with Gasteiger partial charge in [0.25, 0.3) is 0 Å². The summed E-state index contributed by atoms with van der Waals surface area (Å²) in [7, 11) is 0. The van der Waals surface area contributed by atoms with Crippen molar-refractivity contribution in [2.45, 2.75) is 51.4 Å². The number of hydrogen-bond acceptors (Lipinski definition) is 1. The molecule has 0 aliphatic heterocycles. The minimum absolute atomic E-state index is 0.161. The third kappa shape index (κ3) is 2.22. The molecule has 14 heavy (non-hydrogen) atoms. The molecule has 1 unspecified atom stereocenters. The second-order valence-electron chi connectivity index (χ2n) is 4.22. The highest BCUT2D eigenvalue weighted by Gasteiger charge is 2.49. The van der Waals surface area contributed by atoms with E-state index in [0.29, 0.717) is 25.7 Å². The fourth-order valence-corrected chi connectivity index (χ4v) is 2.34. The van der Waals surface area contributed by atoms with Crippen LogP contribution in [-0.4, -0.2) is 17.0 Å². The molecule has 0 aromatic carbocycles. The van der Waals surface area contributed by atoms with E-state index in [4.69, 9.17) is 5.11 Å². The average molecular weight is 206 g/mol. The standard InChI is InChI=1S/C10H16F2O2/c1-2-4-9(8(13)14)5-3-6-10(11,12)7-9/h2-7H2,1H3,(H,13,14). The summed E-state index contributed by atoms with van der Waals surface area (Å²) >= 11 is 0. The van der Waals surface area contributed by atoms with Gasteiger partial charge in [-0.2, -0.15) is 0 Å². The number of carbonyl (C=O) groups is 1. The van der Waals surface area contributed by atoms with Gasteiger partial charge >= 0.3 is 5.97 Å². The van der Waals surface area contributed by atoms with E-state index in [1.807, 2.05) is 6.92 Å². The van der Waals surface area contributed by atoms with Crippen LogP contribution in [0.3, 0.4) is 0 Å². The van der Waals surface area contributed by atoms with Gasteiger partial charge in [0.2, 0.25) is 5.92 Å². The van der Waals surface area contributed by atoms with Gasteiger partial charge in [-0.1, -0.05) is 13.3 Å². The Bertz CT molecular complexity index is 224. The van der Waals surface area contributed by atoms with Crippen LogP contribution in [-0.2, 0) is 4.79 Å². The zero-order valence-corrected chi connectivity index (χ0v) is 8.35. The number of rotatable bonds is 3. The SMILES string of the molecule is CCCC1(C(=O)O)CCCC(F)(F)C1. The Morgan fingerprint density at radius 1 is 1.43 bits per heavy atom. The Labute approximate surface area is 82.3 Å². The van der Waals surface area contributed by atoms with Crippen LogP contribution in [0.25, 0.3) is 0 Å². The van der Waals surface area contributed by atoms with Crippen LogP contribution in [0.2, 0.25) is 0 Å². The molecule has 0 aromatic rings. The molecule has 0 bridgehead atoms. The highest BCUT2D eigenvalue weighted by molar-refractivity contribution is 5.74. The van der Waals surface area contributed by atoms with Gasteiger partial charge in [0, 0.05) is 12.8 Å². The van der Waals surface area contributed by atoms with E-state index in [1.54, 1.807) is 0 Å². The van der Waals surface area contributed by atoms with Gasteiger partial charge in [0.1, 0.15) is 0 Å². The van der Waals surface area contributed by atoms with Gasteiger partial charge in [-0.25, -0.2) is 8.78 Å². The van der Waals surface area contributed by atoms with Crippen molar-refractivity contribution in [2.24, 2.45) is 5.41 Å². The molecule has 1 saturated carbocycles. The summed E-state index contributed by atoms with van der Waals surface area (Å²) in [6.45, 7) is 1.83. The van der Waals surface area contributed by atoms with Crippen molar-refractivity contribution in [3.63, 3.8) is 0 Å². The highest BCUT2D eigenvalue weighted by Crippen LogP contribution is 2.47. The van der Waals surface area contributed by atoms with Crippen LogP contribution in [0.15, 0.2) is 0 Å². The van der Waals surface area contributed by atoms with Crippen LogP contribution >= 0.6 is 0 Å². The Morgan fingerprint density at radius 3 is 2.50 bits per heavy atom. The number of alkyl halides is 2. The summed E-state index contributed by atoms with van der Waals surface area (Å²) in [6.07, 6.45) is 1.07. The van der Waals surface area contributed by atoms with Crippen LogP contribution in [0.4, 0.5) is 8.78 Å². The fourth-order valence-electron chi connectivity index (χ4n) is 2.34. The first-order valence-corrected chi connectivity index (χ1v) is 5.03. The molecule has 0 radical (unpaired) electrons. The molecule has 1 aliphatic rings. The van der Waals surface area contributed by atoms with Crippen LogP contribution < -0.4 is 0 Å². The lowest BCUT2D eigenvalue weighted by molar-refractivity contribution is -0.163. The van der Waals surface area contributed by atoms with E-state index < -0.39 is 23.7 Å². The second kappa shape index (κ2) is 3.83. The number of hydrogen-bond donors (Lipinski definition) is 1. The molecule has 0 spiro atoms. The Balaban J connectivity index is 2.82. The van der Waals surface area contributed by atoms with E-state index in [1.165, 1.54) is 0 Å². The summed E-state index contributed by atoms with van der Waals surface area (Å²) in [6, 6.07) is 0. The van der Waals surface area contributed by atoms with Crippen molar-refractivity contribution in [2.75, 3.05) is 0 Å². The summed E-state index contributed by atoms with van der Waals surface area (Å²) in [5.41, 5.74) is -1.17. The quantitative estimate of drug-likeness (QED) is 0.770. The molecule has 0 saturated heterocycles. The predicted octanol–water partition coefficient (Wildman–Crippen LogP) is 3.07. The first-order valence-electron chi connectivity index (χ1n) is 5.03. The zero-order chi connectivity index (χ0) is 10.8. The smallest absolute Gasteiger partial charge is 0.309 e. The number of aliphatic carboxylic acids is 1. The van der Waals surface area contributed by atoms with Crippen molar-refractivity contribution in [3.8, 4) is 0 Å². The molecule has 1 aliphatic carbocycles. The van der Waals surface area contributed by atoms with E-state index in [9.17, 15) is 13.6 Å². The monoisotopic (exact) mass is 206 g/mol. The van der Waals surface area contributed by atoms with E-state index in [0.717, 1.165) is 0 Å². The van der Waals surface area contributed by atoms with Crippen molar-refractivity contribution in [1.29, 1.82) is 0 Å². The maximum Gasteiger partial charge on any atom is 0.309 e. The molecular weight excluding hydrogens is 190 g/mol. The fraction of sp³-hybridized carbons (Fsp3) is 0.900. The Kier molecular flexibility index (Phi) is 3.12. The number of halogens is 2. The third-order valence-electron chi connectivity index (χ3n) is 2.98. The van der Waals surface area contributed by atoms with Crippen LogP contribution in [0, 0.1) is 5.41 Å². The predicted molar refractivity (Wildman–Crippen MR) is 48.4 cm³/mol. The lowest BCUT2D eigenvalue weighted by Gasteiger charge is -2.37. The minimum atomic E-state index is -2.79. The van der Waals surface area contributed by atoms with Crippen molar-refractivity contribution in [1.82, 2.24) is 0 Å². The zero-order valence-electron chi connectivity index (χ0n) is 8.35. The van der Waals surface area contributed by atoms with Crippen LogP contribution in [0.5, 0.6) is 0 Å². The normalized spacial score (nSPS) is 31.4. The molecule has 1 rings (SSSR count). The molecule has 1 fully saturated rings. The molecule has 1 atom stereocenters. The van der Waals surface area contributed by atoms with Crippen LogP contribution in [0.1, 0.15) is 45.4 Å². The molecule has 0 amide bonds. The first-order chi connectivity index (χ1) is 6.42. The summed E-state index contributed by atoms with van der Waals surface area (Å²) in [5.74, 6) is -3.84. The number of carboxylic acid groups (broad SMARTS) is 1. The third-order valence-corrected chi connectivity index (χ3v) is 2.98. The molecular formula is C10H16F2O2. The average Bonchev–Trinajstić information content (AvgIpc) is 2.02. The highest BCUT2D eigenvalue weighted by atomic mass is 19.3. The first kappa shape index (κ1) is 11.4. The van der Waals surface area contributed by atoms with Crippen molar-refractivity contribution in [3.05, 3.63) is 0 Å². The van der Waals surface area contributed by atoms with E-state index >= 15 is 0 Å². The lowest BCUT2D eigenvalue weighted by atomic mass is 9.70. The van der Waals surface area contributed by atoms with Gasteiger partial charge in [-0.05, 0) is 19.3 Å². The molecule has 1 N–H and O–H groups in total. The summed E-state index contributed by atoms with van der Waals surface area (Å²) in [5, 5.41) is 9.02. The molecule has 0 aromatic heterocycles. The minimum Gasteiger partial charge on any atom is -0.481 e. The molecule has 4 heteroatoms. The van der Waals surface area contributed by atoms with Gasteiger partial charge in [-0.3, -0.25) is 4.79 Å². The topological polar surface area (TPSA) is 37.3 Å².